The second-order valence-electron chi connectivity index (χ2n) is 10.1. The average Bonchev–Trinajstić information content (AvgIpc) is 3.62. The summed E-state index contributed by atoms with van der Waals surface area (Å²) in [5.41, 5.74) is 0.0543. The van der Waals surface area contributed by atoms with Crippen molar-refractivity contribution in [2.24, 2.45) is 0 Å². The minimum atomic E-state index is -3.82. The van der Waals surface area contributed by atoms with Gasteiger partial charge in [-0.15, -0.1) is 15.3 Å². The van der Waals surface area contributed by atoms with Crippen LogP contribution in [-0.4, -0.2) is 83.6 Å². The third-order valence-electron chi connectivity index (χ3n) is 7.64. The van der Waals surface area contributed by atoms with E-state index in [4.69, 9.17) is 9.47 Å². The van der Waals surface area contributed by atoms with E-state index in [2.05, 4.69) is 36.8 Å². The molecule has 39 heavy (non-hydrogen) atoms. The van der Waals surface area contributed by atoms with Crippen LogP contribution in [0.15, 0.2) is 27.9 Å². The fraction of sp³-hybridized carbons (Fsp3) is 0.615. The number of hydrogen-bond acceptors (Lipinski definition) is 9. The van der Waals surface area contributed by atoms with Crippen LogP contribution < -0.4 is 15.0 Å². The summed E-state index contributed by atoms with van der Waals surface area (Å²) in [5, 5.41) is 13.0. The van der Waals surface area contributed by atoms with Crippen molar-refractivity contribution in [3.8, 4) is 17.1 Å². The predicted molar refractivity (Wildman–Crippen MR) is 145 cm³/mol. The summed E-state index contributed by atoms with van der Waals surface area (Å²) in [4.78, 5) is 18.1. The molecule has 5 rings (SSSR count). The van der Waals surface area contributed by atoms with Crippen LogP contribution in [0.25, 0.3) is 17.0 Å². The highest BCUT2D eigenvalue weighted by Crippen LogP contribution is 2.34. The first-order chi connectivity index (χ1) is 18.9. The number of H-pyrrole nitrogens is 1. The van der Waals surface area contributed by atoms with Gasteiger partial charge in [-0.25, -0.2) is 13.1 Å². The average molecular weight is 560 g/mol. The van der Waals surface area contributed by atoms with Crippen molar-refractivity contribution in [1.82, 2.24) is 34.4 Å². The van der Waals surface area contributed by atoms with Crippen LogP contribution in [0.4, 0.5) is 0 Å². The number of aromatic amines is 1. The van der Waals surface area contributed by atoms with Gasteiger partial charge in [-0.3, -0.25) is 9.69 Å². The third-order valence-corrected chi connectivity index (χ3v) is 9.10. The van der Waals surface area contributed by atoms with E-state index in [1.807, 2.05) is 6.92 Å². The minimum Gasteiger partial charge on any atom is -0.493 e. The van der Waals surface area contributed by atoms with Crippen LogP contribution >= 0.6 is 0 Å². The van der Waals surface area contributed by atoms with Gasteiger partial charge in [-0.1, -0.05) is 19.8 Å². The molecule has 1 aliphatic carbocycles. The summed E-state index contributed by atoms with van der Waals surface area (Å²) in [7, 11) is -3.82. The largest absolute Gasteiger partial charge is 0.493 e. The van der Waals surface area contributed by atoms with Gasteiger partial charge >= 0.3 is 0 Å². The SMILES string of the molecule is CCOc1ccc(S(=O)(=O)NCCC(CC)N2CCOCC2)cc1-c1nn2c(C3CCCC3)nnc2c(=O)[nH]1. The molecule has 0 bridgehead atoms. The maximum Gasteiger partial charge on any atom is 0.296 e. The van der Waals surface area contributed by atoms with Crippen molar-refractivity contribution in [2.75, 3.05) is 39.5 Å². The van der Waals surface area contributed by atoms with Gasteiger partial charge in [-0.05, 0) is 50.8 Å². The van der Waals surface area contributed by atoms with Gasteiger partial charge in [0.25, 0.3) is 5.56 Å². The Balaban J connectivity index is 1.42. The van der Waals surface area contributed by atoms with Crippen LogP contribution in [0.2, 0.25) is 0 Å². The van der Waals surface area contributed by atoms with E-state index in [0.717, 1.165) is 45.2 Å². The Hall–Kier alpha value is -2.87. The number of sulfonamides is 1. The molecule has 2 aromatic heterocycles. The molecule has 1 aliphatic heterocycles. The van der Waals surface area contributed by atoms with Gasteiger partial charge in [0.05, 0.1) is 30.3 Å². The molecule has 2 fully saturated rings. The fourth-order valence-corrected chi connectivity index (χ4v) is 6.63. The number of nitrogens with zero attached hydrogens (tertiary/aromatic N) is 5. The predicted octanol–water partition coefficient (Wildman–Crippen LogP) is 2.32. The standard InChI is InChI=1S/C26H37N7O5S/c1-3-19(32-13-15-37-16-14-32)11-12-27-39(35,36)20-9-10-22(38-4-2)21(17-20)23-28-26(34)25-30-29-24(33(25)31-23)18-7-5-6-8-18/h9-10,17-19,27H,3-8,11-16H2,1-2H3,(H,28,31,34). The van der Waals surface area contributed by atoms with Crippen molar-refractivity contribution < 1.29 is 17.9 Å². The van der Waals surface area contributed by atoms with E-state index in [9.17, 15) is 13.2 Å². The van der Waals surface area contributed by atoms with E-state index in [-0.39, 0.29) is 28.3 Å². The van der Waals surface area contributed by atoms with Crippen LogP contribution in [-0.2, 0) is 14.8 Å². The Labute approximate surface area is 228 Å². The van der Waals surface area contributed by atoms with Gasteiger partial charge in [0, 0.05) is 31.6 Å². The maximum absolute atomic E-state index is 13.3. The van der Waals surface area contributed by atoms with Crippen molar-refractivity contribution in [3.63, 3.8) is 0 Å². The molecule has 1 saturated heterocycles. The van der Waals surface area contributed by atoms with E-state index >= 15 is 0 Å². The first kappa shape index (κ1) is 27.7. The van der Waals surface area contributed by atoms with Gasteiger partial charge in [0.2, 0.25) is 15.7 Å². The van der Waals surface area contributed by atoms with Crippen LogP contribution in [0, 0.1) is 0 Å². The first-order valence-corrected chi connectivity index (χ1v) is 15.3. The highest BCUT2D eigenvalue weighted by atomic mass is 32.2. The Morgan fingerprint density at radius 1 is 1.18 bits per heavy atom. The molecule has 0 amide bonds. The van der Waals surface area contributed by atoms with Crippen LogP contribution in [0.1, 0.15) is 64.1 Å². The monoisotopic (exact) mass is 559 g/mol. The number of morpholine rings is 1. The lowest BCUT2D eigenvalue weighted by Gasteiger charge is -2.34. The number of fused-ring (bicyclic) bond motifs is 1. The summed E-state index contributed by atoms with van der Waals surface area (Å²) in [6.45, 7) is 7.76. The molecule has 0 spiro atoms. The van der Waals surface area contributed by atoms with Crippen LogP contribution in [0.5, 0.6) is 5.75 Å². The van der Waals surface area contributed by atoms with E-state index in [0.29, 0.717) is 49.9 Å². The molecule has 1 atom stereocenters. The van der Waals surface area contributed by atoms with Crippen molar-refractivity contribution in [3.05, 3.63) is 34.4 Å². The Bertz CT molecular complexity index is 1440. The third kappa shape index (κ3) is 6.01. The fourth-order valence-electron chi connectivity index (χ4n) is 5.55. The van der Waals surface area contributed by atoms with Crippen LogP contribution in [0.3, 0.4) is 0 Å². The van der Waals surface area contributed by atoms with Gasteiger partial charge in [0.1, 0.15) is 5.75 Å². The van der Waals surface area contributed by atoms with Gasteiger partial charge in [0.15, 0.2) is 11.6 Å². The number of aromatic nitrogens is 5. The smallest absolute Gasteiger partial charge is 0.296 e. The van der Waals surface area contributed by atoms with Gasteiger partial charge in [-0.2, -0.15) is 4.52 Å². The van der Waals surface area contributed by atoms with E-state index < -0.39 is 15.6 Å². The number of benzene rings is 1. The van der Waals surface area contributed by atoms with E-state index in [1.165, 1.54) is 16.6 Å². The molecular formula is C26H37N7O5S. The van der Waals surface area contributed by atoms with Crippen molar-refractivity contribution in [2.45, 2.75) is 69.2 Å². The summed E-state index contributed by atoms with van der Waals surface area (Å²) < 4.78 is 42.1. The zero-order chi connectivity index (χ0) is 27.4. The molecule has 1 unspecified atom stereocenters. The summed E-state index contributed by atoms with van der Waals surface area (Å²) in [5.74, 6) is 1.47. The number of hydrogen-bond donors (Lipinski definition) is 2. The Morgan fingerprint density at radius 2 is 1.95 bits per heavy atom. The summed E-state index contributed by atoms with van der Waals surface area (Å²) >= 11 is 0. The molecule has 212 valence electrons. The molecule has 2 aliphatic rings. The molecule has 13 heteroatoms. The lowest BCUT2D eigenvalue weighted by atomic mass is 10.1. The maximum atomic E-state index is 13.3. The quantitative estimate of drug-likeness (QED) is 0.362. The second-order valence-corrected chi connectivity index (χ2v) is 11.8. The normalized spacial score (nSPS) is 18.1. The number of ether oxygens (including phenoxy) is 2. The second kappa shape index (κ2) is 12.1. The minimum absolute atomic E-state index is 0.0721. The molecule has 1 saturated carbocycles. The lowest BCUT2D eigenvalue weighted by molar-refractivity contribution is 0.0143. The number of nitrogens with one attached hydrogen (secondary N) is 2. The molecule has 0 radical (unpaired) electrons. The first-order valence-electron chi connectivity index (χ1n) is 13.9. The van der Waals surface area contributed by atoms with Gasteiger partial charge < -0.3 is 14.5 Å². The Kier molecular flexibility index (Phi) is 8.60. The molecule has 1 aromatic carbocycles. The lowest BCUT2D eigenvalue weighted by Crippen LogP contribution is -2.44. The summed E-state index contributed by atoms with van der Waals surface area (Å²) in [6.07, 6.45) is 5.77. The molecule has 3 heterocycles. The van der Waals surface area contributed by atoms with E-state index in [1.54, 1.807) is 6.07 Å². The summed E-state index contributed by atoms with van der Waals surface area (Å²) in [6, 6.07) is 4.89. The molecular weight excluding hydrogens is 522 g/mol. The Morgan fingerprint density at radius 3 is 2.67 bits per heavy atom. The van der Waals surface area contributed by atoms with Crippen molar-refractivity contribution >= 4 is 15.7 Å². The zero-order valence-electron chi connectivity index (χ0n) is 22.6. The topological polar surface area (TPSA) is 144 Å². The highest BCUT2D eigenvalue weighted by molar-refractivity contribution is 7.89. The molecule has 3 aromatic rings. The number of rotatable bonds is 11. The highest BCUT2D eigenvalue weighted by Gasteiger charge is 2.26. The van der Waals surface area contributed by atoms with Crippen molar-refractivity contribution in [1.29, 1.82) is 0 Å². The molecule has 12 nitrogen and oxygen atoms in total. The zero-order valence-corrected chi connectivity index (χ0v) is 23.4. The molecule has 2 N–H and O–H groups in total.